The van der Waals surface area contributed by atoms with Crippen molar-refractivity contribution in [3.8, 4) is 0 Å². The Morgan fingerprint density at radius 1 is 1.40 bits per heavy atom. The molecule has 0 heterocycles. The van der Waals surface area contributed by atoms with Crippen LogP contribution in [0.4, 0.5) is 0 Å². The Bertz CT molecular complexity index is 589. The summed E-state index contributed by atoms with van der Waals surface area (Å²) in [6.07, 6.45) is 2.67. The van der Waals surface area contributed by atoms with Crippen molar-refractivity contribution in [2.24, 2.45) is 0 Å². The smallest absolute Gasteiger partial charge is 0.261 e. The molecule has 4 nitrogen and oxygen atoms in total. The van der Waals surface area contributed by atoms with Gasteiger partial charge in [0.2, 0.25) is 0 Å². The molecular formula is C13H17BrClNO3S. The van der Waals surface area contributed by atoms with E-state index in [1.807, 2.05) is 13.8 Å². The molecule has 1 aromatic rings. The standard InChI is InChI=1S/C13H17BrClNO3S/c1-3-5-9(4-2)16-13(17)11-8-10(20(15,18)19)6-7-12(11)14/h6-9H,3-5H2,1-2H3,(H,16,17). The van der Waals surface area contributed by atoms with Gasteiger partial charge in [-0.05, 0) is 47.0 Å². The molecule has 0 aromatic heterocycles. The van der Waals surface area contributed by atoms with E-state index in [1.54, 1.807) is 0 Å². The maximum Gasteiger partial charge on any atom is 0.261 e. The van der Waals surface area contributed by atoms with Crippen LogP contribution in [-0.2, 0) is 9.05 Å². The molecule has 0 aliphatic heterocycles. The molecule has 1 unspecified atom stereocenters. The van der Waals surface area contributed by atoms with Gasteiger partial charge in [0, 0.05) is 21.2 Å². The van der Waals surface area contributed by atoms with Crippen molar-refractivity contribution in [1.29, 1.82) is 0 Å². The second-order valence-electron chi connectivity index (χ2n) is 4.45. The molecule has 0 saturated carbocycles. The Hall–Kier alpha value is -0.590. The number of hydrogen-bond acceptors (Lipinski definition) is 3. The molecule has 1 atom stereocenters. The summed E-state index contributed by atoms with van der Waals surface area (Å²) >= 11 is 3.25. The summed E-state index contributed by atoms with van der Waals surface area (Å²) in [6, 6.07) is 4.22. The molecule has 1 aromatic carbocycles. The zero-order chi connectivity index (χ0) is 15.3. The summed E-state index contributed by atoms with van der Waals surface area (Å²) in [5, 5.41) is 2.90. The first kappa shape index (κ1) is 17.5. The lowest BCUT2D eigenvalue weighted by Gasteiger charge is -2.16. The molecule has 0 fully saturated rings. The summed E-state index contributed by atoms with van der Waals surface area (Å²) in [6.45, 7) is 4.04. The zero-order valence-electron chi connectivity index (χ0n) is 11.3. The number of rotatable bonds is 6. The van der Waals surface area contributed by atoms with E-state index in [-0.39, 0.29) is 22.4 Å². The maximum atomic E-state index is 12.2. The molecule has 1 rings (SSSR count). The summed E-state index contributed by atoms with van der Waals surface area (Å²) < 4.78 is 23.2. The Labute approximate surface area is 132 Å². The van der Waals surface area contributed by atoms with Crippen molar-refractivity contribution in [1.82, 2.24) is 5.32 Å². The molecule has 0 bridgehead atoms. The van der Waals surface area contributed by atoms with Gasteiger partial charge in [0.05, 0.1) is 10.5 Å². The average molecular weight is 383 g/mol. The fourth-order valence-electron chi connectivity index (χ4n) is 1.82. The van der Waals surface area contributed by atoms with E-state index >= 15 is 0 Å². The Balaban J connectivity index is 3.03. The van der Waals surface area contributed by atoms with Gasteiger partial charge in [-0.15, -0.1) is 0 Å². The minimum atomic E-state index is -3.85. The Morgan fingerprint density at radius 2 is 2.05 bits per heavy atom. The van der Waals surface area contributed by atoms with Crippen molar-refractivity contribution in [2.75, 3.05) is 0 Å². The highest BCUT2D eigenvalue weighted by atomic mass is 79.9. The summed E-state index contributed by atoms with van der Waals surface area (Å²) in [5.74, 6) is -0.306. The second kappa shape index (κ2) is 7.43. The SMILES string of the molecule is CCCC(CC)NC(=O)c1cc(S(=O)(=O)Cl)ccc1Br. The van der Waals surface area contributed by atoms with Crippen LogP contribution in [0.1, 0.15) is 43.5 Å². The van der Waals surface area contributed by atoms with Crippen LogP contribution >= 0.6 is 26.6 Å². The first-order valence-corrected chi connectivity index (χ1v) is 9.44. The average Bonchev–Trinajstić information content (AvgIpc) is 2.37. The number of carbonyl (C=O) groups is 1. The van der Waals surface area contributed by atoms with Crippen LogP contribution in [0.3, 0.4) is 0 Å². The number of amides is 1. The summed E-state index contributed by atoms with van der Waals surface area (Å²) in [4.78, 5) is 12.1. The predicted octanol–water partition coefficient (Wildman–Crippen LogP) is 3.69. The minimum Gasteiger partial charge on any atom is -0.349 e. The molecule has 20 heavy (non-hydrogen) atoms. The normalized spacial score (nSPS) is 13.0. The van der Waals surface area contributed by atoms with E-state index in [2.05, 4.69) is 21.2 Å². The molecule has 0 spiro atoms. The monoisotopic (exact) mass is 381 g/mol. The lowest BCUT2D eigenvalue weighted by molar-refractivity contribution is 0.0932. The predicted molar refractivity (Wildman–Crippen MR) is 83.6 cm³/mol. The lowest BCUT2D eigenvalue weighted by atomic mass is 10.1. The Kier molecular flexibility index (Phi) is 6.48. The molecule has 0 saturated heterocycles. The van der Waals surface area contributed by atoms with Crippen molar-refractivity contribution in [2.45, 2.75) is 44.0 Å². The third kappa shape index (κ3) is 4.75. The van der Waals surface area contributed by atoms with Crippen LogP contribution < -0.4 is 5.32 Å². The molecule has 0 aliphatic carbocycles. The van der Waals surface area contributed by atoms with Crippen LogP contribution in [-0.4, -0.2) is 20.4 Å². The van der Waals surface area contributed by atoms with Gasteiger partial charge in [0.15, 0.2) is 0 Å². The van der Waals surface area contributed by atoms with Crippen LogP contribution in [0.2, 0.25) is 0 Å². The lowest BCUT2D eigenvalue weighted by Crippen LogP contribution is -2.34. The van der Waals surface area contributed by atoms with E-state index in [1.165, 1.54) is 18.2 Å². The van der Waals surface area contributed by atoms with Gasteiger partial charge >= 0.3 is 0 Å². The van der Waals surface area contributed by atoms with Crippen LogP contribution in [0, 0.1) is 0 Å². The highest BCUT2D eigenvalue weighted by Crippen LogP contribution is 2.23. The first-order chi connectivity index (χ1) is 9.29. The number of nitrogens with one attached hydrogen (secondary N) is 1. The van der Waals surface area contributed by atoms with E-state index in [4.69, 9.17) is 10.7 Å². The molecule has 7 heteroatoms. The molecule has 0 aliphatic rings. The minimum absolute atomic E-state index is 0.0793. The fourth-order valence-corrected chi connectivity index (χ4v) is 3.02. The first-order valence-electron chi connectivity index (χ1n) is 6.34. The van der Waals surface area contributed by atoms with Crippen molar-refractivity contribution in [3.63, 3.8) is 0 Å². The quantitative estimate of drug-likeness (QED) is 0.763. The van der Waals surface area contributed by atoms with Gasteiger partial charge in [-0.2, -0.15) is 0 Å². The van der Waals surface area contributed by atoms with Crippen LogP contribution in [0.5, 0.6) is 0 Å². The van der Waals surface area contributed by atoms with E-state index in [0.717, 1.165) is 19.3 Å². The van der Waals surface area contributed by atoms with Gasteiger partial charge in [-0.1, -0.05) is 20.3 Å². The molecular weight excluding hydrogens is 366 g/mol. The van der Waals surface area contributed by atoms with Crippen molar-refractivity contribution >= 4 is 41.6 Å². The van der Waals surface area contributed by atoms with Crippen LogP contribution in [0.25, 0.3) is 0 Å². The van der Waals surface area contributed by atoms with Gasteiger partial charge < -0.3 is 5.32 Å². The van der Waals surface area contributed by atoms with Gasteiger partial charge in [-0.3, -0.25) is 4.79 Å². The molecule has 0 radical (unpaired) electrons. The molecule has 1 amide bonds. The largest absolute Gasteiger partial charge is 0.349 e. The number of carbonyl (C=O) groups excluding carboxylic acids is 1. The van der Waals surface area contributed by atoms with Gasteiger partial charge in [-0.25, -0.2) is 8.42 Å². The highest BCUT2D eigenvalue weighted by molar-refractivity contribution is 9.10. The fraction of sp³-hybridized carbons (Fsp3) is 0.462. The molecule has 1 N–H and O–H groups in total. The van der Waals surface area contributed by atoms with Crippen molar-refractivity contribution in [3.05, 3.63) is 28.2 Å². The summed E-state index contributed by atoms with van der Waals surface area (Å²) in [7, 11) is 1.45. The number of benzene rings is 1. The van der Waals surface area contributed by atoms with E-state index < -0.39 is 9.05 Å². The van der Waals surface area contributed by atoms with Gasteiger partial charge in [0.1, 0.15) is 0 Å². The van der Waals surface area contributed by atoms with Gasteiger partial charge in [0.25, 0.3) is 15.0 Å². The van der Waals surface area contributed by atoms with E-state index in [0.29, 0.717) is 4.47 Å². The third-order valence-corrected chi connectivity index (χ3v) is 4.97. The topological polar surface area (TPSA) is 63.2 Å². The van der Waals surface area contributed by atoms with Crippen molar-refractivity contribution < 1.29 is 13.2 Å². The number of hydrogen-bond donors (Lipinski definition) is 1. The van der Waals surface area contributed by atoms with E-state index in [9.17, 15) is 13.2 Å². The maximum absolute atomic E-state index is 12.2. The zero-order valence-corrected chi connectivity index (χ0v) is 14.5. The number of halogens is 2. The summed E-state index contributed by atoms with van der Waals surface area (Å²) in [5.41, 5.74) is 0.265. The third-order valence-electron chi connectivity index (χ3n) is 2.93. The van der Waals surface area contributed by atoms with Crippen LogP contribution in [0.15, 0.2) is 27.6 Å². The second-order valence-corrected chi connectivity index (χ2v) is 7.87. The molecule has 112 valence electrons. The Morgan fingerprint density at radius 3 is 2.55 bits per heavy atom. The highest BCUT2D eigenvalue weighted by Gasteiger charge is 2.18.